The van der Waals surface area contributed by atoms with Crippen LogP contribution in [0.5, 0.6) is 0 Å². The molecule has 0 unspecified atom stereocenters. The van der Waals surface area contributed by atoms with Crippen LogP contribution < -0.4 is 0 Å². The van der Waals surface area contributed by atoms with Crippen LogP contribution in [0.3, 0.4) is 0 Å². The Morgan fingerprint density at radius 3 is 2.62 bits per heavy atom. The largest absolute Gasteiger partial charge is 0.271 e. The number of rotatable bonds is 2. The van der Waals surface area contributed by atoms with Crippen molar-refractivity contribution in [1.82, 2.24) is 0 Å². The Morgan fingerprint density at radius 2 is 2.15 bits per heavy atom. The number of halogens is 3. The summed E-state index contributed by atoms with van der Waals surface area (Å²) in [5.41, 5.74) is -0.651. The number of non-ortho nitro benzene ring substituents is 1. The number of alkyl halides is 1. The fraction of sp³-hybridized carbons (Fsp3) is 0.143. The fourth-order valence-corrected chi connectivity index (χ4v) is 1.32. The molecule has 3 nitrogen and oxygen atoms in total. The predicted octanol–water partition coefficient (Wildman–Crippen LogP) is 2.97. The van der Waals surface area contributed by atoms with Gasteiger partial charge in [-0.1, -0.05) is 0 Å². The summed E-state index contributed by atoms with van der Waals surface area (Å²) in [5, 5.41) is 10.3. The van der Waals surface area contributed by atoms with Gasteiger partial charge in [0.15, 0.2) is 0 Å². The van der Waals surface area contributed by atoms with Gasteiger partial charge in [0.25, 0.3) is 5.69 Å². The van der Waals surface area contributed by atoms with Gasteiger partial charge in [-0.2, -0.15) is 0 Å². The van der Waals surface area contributed by atoms with Gasteiger partial charge in [-0.25, -0.2) is 8.78 Å². The van der Waals surface area contributed by atoms with E-state index in [9.17, 15) is 18.9 Å². The maximum Gasteiger partial charge on any atom is 0.271 e. The highest BCUT2D eigenvalue weighted by atomic mass is 79.9. The summed E-state index contributed by atoms with van der Waals surface area (Å²) in [6, 6.07) is 1.87. The van der Waals surface area contributed by atoms with Gasteiger partial charge >= 0.3 is 0 Å². The van der Waals surface area contributed by atoms with Crippen LogP contribution in [0, 0.1) is 15.9 Å². The molecule has 0 amide bonds. The summed E-state index contributed by atoms with van der Waals surface area (Å²) < 4.78 is 25.0. The van der Waals surface area contributed by atoms with Gasteiger partial charge in [0.05, 0.1) is 9.40 Å². The molecule has 0 aliphatic rings. The van der Waals surface area contributed by atoms with Crippen molar-refractivity contribution in [3.8, 4) is 0 Å². The van der Waals surface area contributed by atoms with E-state index in [4.69, 9.17) is 0 Å². The van der Waals surface area contributed by atoms with E-state index < -0.39 is 17.4 Å². The average Bonchev–Trinajstić information content (AvgIpc) is 2.09. The van der Waals surface area contributed by atoms with Gasteiger partial charge in [0.1, 0.15) is 12.5 Å². The van der Waals surface area contributed by atoms with E-state index in [0.29, 0.717) is 0 Å². The van der Waals surface area contributed by atoms with Crippen molar-refractivity contribution in [3.63, 3.8) is 0 Å². The van der Waals surface area contributed by atoms with E-state index >= 15 is 0 Å². The first-order valence-corrected chi connectivity index (χ1v) is 4.04. The molecule has 13 heavy (non-hydrogen) atoms. The summed E-state index contributed by atoms with van der Waals surface area (Å²) in [7, 11) is 0. The first-order valence-electron chi connectivity index (χ1n) is 3.24. The highest BCUT2D eigenvalue weighted by molar-refractivity contribution is 9.10. The maximum atomic E-state index is 12.9. The lowest BCUT2D eigenvalue weighted by Gasteiger charge is -2.00. The summed E-state index contributed by atoms with van der Waals surface area (Å²) in [4.78, 5) is 9.57. The fourth-order valence-electron chi connectivity index (χ4n) is 0.833. The van der Waals surface area contributed by atoms with E-state index in [-0.39, 0.29) is 15.7 Å². The normalized spacial score (nSPS) is 10.1. The average molecular weight is 252 g/mol. The van der Waals surface area contributed by atoms with Gasteiger partial charge in [-0.05, 0) is 15.9 Å². The number of hydrogen-bond donors (Lipinski definition) is 0. The van der Waals surface area contributed by atoms with Crippen LogP contribution in [0.4, 0.5) is 14.5 Å². The second-order valence-corrected chi connectivity index (χ2v) is 3.15. The summed E-state index contributed by atoms with van der Waals surface area (Å²) in [6.07, 6.45) is 0. The van der Waals surface area contributed by atoms with Crippen LogP contribution in [0.2, 0.25) is 0 Å². The zero-order valence-corrected chi connectivity index (χ0v) is 7.85. The minimum atomic E-state index is -1.06. The van der Waals surface area contributed by atoms with Crippen LogP contribution in [0.25, 0.3) is 0 Å². The third-order valence-electron chi connectivity index (χ3n) is 1.44. The van der Waals surface area contributed by atoms with Crippen molar-refractivity contribution in [1.29, 1.82) is 0 Å². The molecule has 1 aromatic rings. The summed E-state index contributed by atoms with van der Waals surface area (Å²) in [5.74, 6) is -0.798. The molecule has 0 aliphatic carbocycles. The number of nitro benzene ring substituents is 1. The Labute approximate surface area is 80.6 Å². The van der Waals surface area contributed by atoms with E-state index in [1.807, 2.05) is 0 Å². The third-order valence-corrected chi connectivity index (χ3v) is 2.02. The lowest BCUT2D eigenvalue weighted by molar-refractivity contribution is -0.385. The maximum absolute atomic E-state index is 12.9. The van der Waals surface area contributed by atoms with E-state index in [0.717, 1.165) is 12.1 Å². The van der Waals surface area contributed by atoms with Crippen LogP contribution in [0.15, 0.2) is 16.6 Å². The van der Waals surface area contributed by atoms with Crippen LogP contribution in [0.1, 0.15) is 5.56 Å². The van der Waals surface area contributed by atoms with Crippen LogP contribution >= 0.6 is 15.9 Å². The highest BCUT2D eigenvalue weighted by Gasteiger charge is 2.14. The Hall–Kier alpha value is -1.04. The molecule has 0 heterocycles. The molecule has 1 rings (SSSR count). The third kappa shape index (κ3) is 2.00. The molecule has 0 N–H and O–H groups in total. The molecule has 0 radical (unpaired) electrons. The molecule has 0 atom stereocenters. The Bertz CT molecular complexity index is 357. The van der Waals surface area contributed by atoms with Crippen molar-refractivity contribution >= 4 is 21.6 Å². The minimum absolute atomic E-state index is 0.102. The molecule has 0 spiro atoms. The molecular formula is C7H4BrF2NO2. The molecule has 0 aromatic heterocycles. The Morgan fingerprint density at radius 1 is 1.54 bits per heavy atom. The Kier molecular flexibility index (Phi) is 2.92. The van der Waals surface area contributed by atoms with Gasteiger partial charge in [0, 0.05) is 17.7 Å². The van der Waals surface area contributed by atoms with Gasteiger partial charge in [-0.3, -0.25) is 10.1 Å². The number of nitrogens with zero attached hydrogens (tertiary/aromatic N) is 1. The quantitative estimate of drug-likeness (QED) is 0.599. The van der Waals surface area contributed by atoms with Crippen molar-refractivity contribution in [2.75, 3.05) is 0 Å². The van der Waals surface area contributed by atoms with Crippen LogP contribution in [-0.2, 0) is 6.67 Å². The smallest absolute Gasteiger partial charge is 0.258 e. The number of hydrogen-bond acceptors (Lipinski definition) is 2. The number of nitro groups is 1. The summed E-state index contributed by atoms with van der Waals surface area (Å²) >= 11 is 2.76. The van der Waals surface area contributed by atoms with E-state index in [1.54, 1.807) is 0 Å². The first kappa shape index (κ1) is 10.0. The Balaban J connectivity index is 3.30. The standard InChI is InChI=1S/C7H4BrF2NO2/c8-6-2-5(11(12)13)1-4(3-9)7(6)10/h1-2H,3H2. The molecule has 0 aliphatic heterocycles. The lowest BCUT2D eigenvalue weighted by Crippen LogP contribution is -1.94. The predicted molar refractivity (Wildman–Crippen MR) is 45.6 cm³/mol. The zero-order chi connectivity index (χ0) is 10.0. The van der Waals surface area contributed by atoms with Gasteiger partial charge in [0.2, 0.25) is 0 Å². The molecule has 0 saturated heterocycles. The topological polar surface area (TPSA) is 43.1 Å². The van der Waals surface area contributed by atoms with E-state index in [1.165, 1.54) is 0 Å². The van der Waals surface area contributed by atoms with E-state index in [2.05, 4.69) is 15.9 Å². The first-order chi connectivity index (χ1) is 6.06. The minimum Gasteiger partial charge on any atom is -0.258 e. The molecule has 0 fully saturated rings. The van der Waals surface area contributed by atoms with Crippen molar-refractivity contribution < 1.29 is 13.7 Å². The zero-order valence-electron chi connectivity index (χ0n) is 6.26. The molecule has 6 heteroatoms. The molecular weight excluding hydrogens is 248 g/mol. The van der Waals surface area contributed by atoms with Crippen LogP contribution in [-0.4, -0.2) is 4.92 Å². The molecule has 70 valence electrons. The van der Waals surface area contributed by atoms with Crippen molar-refractivity contribution in [2.45, 2.75) is 6.67 Å². The molecule has 0 bridgehead atoms. The lowest BCUT2D eigenvalue weighted by atomic mass is 10.2. The summed E-state index contributed by atoms with van der Waals surface area (Å²) in [6.45, 7) is -1.06. The molecule has 0 saturated carbocycles. The number of benzene rings is 1. The highest BCUT2D eigenvalue weighted by Crippen LogP contribution is 2.26. The second-order valence-electron chi connectivity index (χ2n) is 2.29. The van der Waals surface area contributed by atoms with Crippen molar-refractivity contribution in [2.24, 2.45) is 0 Å². The van der Waals surface area contributed by atoms with Gasteiger partial charge in [-0.15, -0.1) is 0 Å². The molecule has 1 aromatic carbocycles. The monoisotopic (exact) mass is 251 g/mol. The SMILES string of the molecule is O=[N+]([O-])c1cc(Br)c(F)c(CF)c1. The second kappa shape index (κ2) is 3.78. The van der Waals surface area contributed by atoms with Gasteiger partial charge < -0.3 is 0 Å². The van der Waals surface area contributed by atoms with Crippen molar-refractivity contribution in [3.05, 3.63) is 38.1 Å².